The molecular weight excluding hydrogens is 218 g/mol. The molecule has 82 valence electrons. The van der Waals surface area contributed by atoms with Gasteiger partial charge >= 0.3 is 0 Å². The van der Waals surface area contributed by atoms with Crippen LogP contribution in [0, 0.1) is 11.6 Å². The van der Waals surface area contributed by atoms with Gasteiger partial charge in [-0.2, -0.15) is 12.6 Å². The van der Waals surface area contributed by atoms with E-state index < -0.39 is 11.6 Å². The van der Waals surface area contributed by atoms with E-state index in [4.69, 9.17) is 4.74 Å². The quantitative estimate of drug-likeness (QED) is 0.781. The minimum absolute atomic E-state index is 0.323. The van der Waals surface area contributed by atoms with Crippen molar-refractivity contribution in [3.05, 3.63) is 35.4 Å². The van der Waals surface area contributed by atoms with Gasteiger partial charge in [0, 0.05) is 11.6 Å². The van der Waals surface area contributed by atoms with E-state index in [2.05, 4.69) is 12.6 Å². The molecule has 1 rings (SSSR count). The predicted molar refractivity (Wildman–Crippen MR) is 60.4 cm³/mol. The Hall–Kier alpha value is -1.03. The average molecular weight is 230 g/mol. The van der Waals surface area contributed by atoms with Crippen molar-refractivity contribution in [1.29, 1.82) is 0 Å². The molecule has 0 amide bonds. The average Bonchev–Trinajstić information content (AvgIpc) is 2.23. The molecule has 0 aliphatic heterocycles. The van der Waals surface area contributed by atoms with Gasteiger partial charge in [0.1, 0.15) is 5.75 Å². The maximum absolute atomic E-state index is 12.9. The summed E-state index contributed by atoms with van der Waals surface area (Å²) in [5.41, 5.74) is 0.526. The second-order valence-electron chi connectivity index (χ2n) is 2.92. The number of ether oxygens (including phenoxy) is 1. The van der Waals surface area contributed by atoms with Crippen LogP contribution >= 0.6 is 12.6 Å². The first kappa shape index (κ1) is 12.0. The first-order valence-electron chi connectivity index (χ1n) is 4.49. The molecule has 0 fully saturated rings. The fraction of sp³-hybridized carbons (Fsp3) is 0.273. The topological polar surface area (TPSA) is 9.23 Å². The summed E-state index contributed by atoms with van der Waals surface area (Å²) in [5, 5.41) is 0. The van der Waals surface area contributed by atoms with E-state index in [1.165, 1.54) is 7.11 Å². The van der Waals surface area contributed by atoms with Crippen molar-refractivity contribution >= 4 is 18.7 Å². The third kappa shape index (κ3) is 3.23. The highest BCUT2D eigenvalue weighted by atomic mass is 32.1. The Bertz CT molecular complexity index is 364. The van der Waals surface area contributed by atoms with Crippen LogP contribution < -0.4 is 4.74 Å². The number of rotatable bonds is 4. The lowest BCUT2D eigenvalue weighted by Crippen LogP contribution is -1.92. The van der Waals surface area contributed by atoms with Gasteiger partial charge in [0.05, 0.1) is 7.11 Å². The van der Waals surface area contributed by atoms with Crippen LogP contribution in [-0.4, -0.2) is 12.9 Å². The fourth-order valence-electron chi connectivity index (χ4n) is 1.14. The number of methoxy groups -OCH3 is 1. The van der Waals surface area contributed by atoms with E-state index in [1.807, 2.05) is 6.08 Å². The molecule has 4 heteroatoms. The van der Waals surface area contributed by atoms with E-state index in [9.17, 15) is 8.78 Å². The molecule has 0 saturated carbocycles. The van der Waals surface area contributed by atoms with Crippen molar-refractivity contribution in [3.63, 3.8) is 0 Å². The molecule has 0 saturated heterocycles. The van der Waals surface area contributed by atoms with E-state index in [0.717, 1.165) is 18.6 Å². The van der Waals surface area contributed by atoms with E-state index in [1.54, 1.807) is 6.08 Å². The monoisotopic (exact) mass is 230 g/mol. The maximum atomic E-state index is 12.9. The van der Waals surface area contributed by atoms with Crippen molar-refractivity contribution < 1.29 is 13.5 Å². The number of allylic oxidation sites excluding steroid dienone is 1. The standard InChI is InChI=1S/C11H12F2OS/c1-14-11-7-10(13)9(12)6-8(11)4-2-3-5-15/h2,4,6-7,15H,3,5H2,1H3. The highest BCUT2D eigenvalue weighted by Gasteiger charge is 2.07. The molecule has 1 nitrogen and oxygen atoms in total. The van der Waals surface area contributed by atoms with Gasteiger partial charge in [-0.3, -0.25) is 0 Å². The van der Waals surface area contributed by atoms with Crippen LogP contribution in [0.4, 0.5) is 8.78 Å². The fourth-order valence-corrected chi connectivity index (χ4v) is 1.28. The smallest absolute Gasteiger partial charge is 0.162 e. The van der Waals surface area contributed by atoms with Gasteiger partial charge in [0.2, 0.25) is 0 Å². The van der Waals surface area contributed by atoms with Crippen molar-refractivity contribution in [3.8, 4) is 5.75 Å². The molecule has 15 heavy (non-hydrogen) atoms. The van der Waals surface area contributed by atoms with Crippen molar-refractivity contribution in [2.24, 2.45) is 0 Å². The van der Waals surface area contributed by atoms with Crippen LogP contribution in [0.3, 0.4) is 0 Å². The van der Waals surface area contributed by atoms with Crippen molar-refractivity contribution in [2.45, 2.75) is 6.42 Å². The lowest BCUT2D eigenvalue weighted by molar-refractivity contribution is 0.405. The number of benzene rings is 1. The Morgan fingerprint density at radius 3 is 2.60 bits per heavy atom. The van der Waals surface area contributed by atoms with Gasteiger partial charge in [0.25, 0.3) is 0 Å². The number of thiol groups is 1. The van der Waals surface area contributed by atoms with Gasteiger partial charge in [-0.05, 0) is 18.2 Å². The largest absolute Gasteiger partial charge is 0.496 e. The van der Waals surface area contributed by atoms with E-state index in [0.29, 0.717) is 17.1 Å². The summed E-state index contributed by atoms with van der Waals surface area (Å²) in [4.78, 5) is 0. The van der Waals surface area contributed by atoms with Crippen molar-refractivity contribution in [1.82, 2.24) is 0 Å². The Labute approximate surface area is 93.2 Å². The van der Waals surface area contributed by atoms with Gasteiger partial charge in [0.15, 0.2) is 11.6 Å². The summed E-state index contributed by atoms with van der Waals surface area (Å²) in [6.07, 6.45) is 4.30. The molecule has 0 atom stereocenters. The summed E-state index contributed by atoms with van der Waals surface area (Å²) in [7, 11) is 1.42. The molecule has 0 unspecified atom stereocenters. The number of halogens is 2. The van der Waals surface area contributed by atoms with Gasteiger partial charge in [-0.1, -0.05) is 12.2 Å². The molecule has 0 aromatic heterocycles. The lowest BCUT2D eigenvalue weighted by Gasteiger charge is -2.05. The molecule has 0 heterocycles. The molecule has 0 spiro atoms. The van der Waals surface area contributed by atoms with Crippen LogP contribution in [0.5, 0.6) is 5.75 Å². The van der Waals surface area contributed by atoms with Gasteiger partial charge in [-0.25, -0.2) is 8.78 Å². The van der Waals surface area contributed by atoms with Crippen LogP contribution in [-0.2, 0) is 0 Å². The summed E-state index contributed by atoms with van der Waals surface area (Å²) in [5.74, 6) is -0.744. The highest BCUT2D eigenvalue weighted by Crippen LogP contribution is 2.23. The Balaban J connectivity index is 2.99. The molecule has 0 radical (unpaired) electrons. The first-order valence-corrected chi connectivity index (χ1v) is 5.12. The van der Waals surface area contributed by atoms with Crippen LogP contribution in [0.15, 0.2) is 18.2 Å². The number of hydrogen-bond donors (Lipinski definition) is 1. The van der Waals surface area contributed by atoms with Gasteiger partial charge < -0.3 is 4.74 Å². The maximum Gasteiger partial charge on any atom is 0.162 e. The summed E-state index contributed by atoms with van der Waals surface area (Å²) >= 11 is 4.04. The van der Waals surface area contributed by atoms with Crippen LogP contribution in [0.25, 0.3) is 6.08 Å². The molecular formula is C11H12F2OS. The molecule has 0 N–H and O–H groups in total. The molecule has 1 aromatic rings. The van der Waals surface area contributed by atoms with E-state index in [-0.39, 0.29) is 0 Å². The third-order valence-electron chi connectivity index (χ3n) is 1.87. The Morgan fingerprint density at radius 2 is 2.00 bits per heavy atom. The second kappa shape index (κ2) is 5.75. The zero-order valence-corrected chi connectivity index (χ0v) is 9.23. The molecule has 0 aliphatic rings. The Morgan fingerprint density at radius 1 is 1.33 bits per heavy atom. The summed E-state index contributed by atoms with van der Waals surface area (Å²) < 4.78 is 30.7. The minimum atomic E-state index is -0.904. The molecule has 0 aliphatic carbocycles. The highest BCUT2D eigenvalue weighted by molar-refractivity contribution is 7.80. The SMILES string of the molecule is COc1cc(F)c(F)cc1C=CCCS. The zero-order valence-electron chi connectivity index (χ0n) is 8.34. The van der Waals surface area contributed by atoms with Crippen LogP contribution in [0.1, 0.15) is 12.0 Å². The van der Waals surface area contributed by atoms with Crippen LogP contribution in [0.2, 0.25) is 0 Å². The van der Waals surface area contributed by atoms with Gasteiger partial charge in [-0.15, -0.1) is 0 Å². The third-order valence-corrected chi connectivity index (χ3v) is 2.12. The first-order chi connectivity index (χ1) is 7.19. The zero-order chi connectivity index (χ0) is 11.3. The Kier molecular flexibility index (Phi) is 4.62. The second-order valence-corrected chi connectivity index (χ2v) is 3.37. The molecule has 1 aromatic carbocycles. The summed E-state index contributed by atoms with van der Waals surface area (Å²) in [6, 6.07) is 2.15. The lowest BCUT2D eigenvalue weighted by atomic mass is 10.1. The molecule has 0 bridgehead atoms. The normalized spacial score (nSPS) is 10.9. The van der Waals surface area contributed by atoms with E-state index >= 15 is 0 Å². The predicted octanol–water partition coefficient (Wildman–Crippen LogP) is 3.31. The number of hydrogen-bond acceptors (Lipinski definition) is 2. The minimum Gasteiger partial charge on any atom is -0.496 e. The summed E-state index contributed by atoms with van der Waals surface area (Å²) in [6.45, 7) is 0. The van der Waals surface area contributed by atoms with Crippen molar-refractivity contribution in [2.75, 3.05) is 12.9 Å².